The lowest BCUT2D eigenvalue weighted by Gasteiger charge is -2.09. The highest BCUT2D eigenvalue weighted by molar-refractivity contribution is 7.98. The van der Waals surface area contributed by atoms with Crippen molar-refractivity contribution in [1.29, 1.82) is 0 Å². The first-order valence-electron chi connectivity index (χ1n) is 9.72. The molecule has 0 fully saturated rings. The van der Waals surface area contributed by atoms with E-state index in [4.69, 9.17) is 9.72 Å². The number of hydrogen-bond donors (Lipinski definition) is 0. The van der Waals surface area contributed by atoms with Gasteiger partial charge >= 0.3 is 5.97 Å². The minimum absolute atomic E-state index is 0.252. The minimum Gasteiger partial charge on any atom is -0.454 e. The highest BCUT2D eigenvalue weighted by Gasteiger charge is 2.21. The Morgan fingerprint density at radius 1 is 1.06 bits per heavy atom. The molecule has 0 amide bonds. The molecule has 0 spiro atoms. The maximum absolute atomic E-state index is 13.0. The van der Waals surface area contributed by atoms with E-state index in [1.165, 1.54) is 0 Å². The molecule has 0 unspecified atom stereocenters. The molecule has 0 saturated heterocycles. The van der Waals surface area contributed by atoms with Crippen molar-refractivity contribution in [3.8, 4) is 11.3 Å². The zero-order chi connectivity index (χ0) is 22.0. The number of Topliss-reactive ketones (excluding diaryl/α,β-unsaturated/α-hetero) is 1. The van der Waals surface area contributed by atoms with E-state index in [-0.39, 0.29) is 12.4 Å². The number of benzene rings is 2. The Morgan fingerprint density at radius 3 is 2.45 bits per heavy atom. The van der Waals surface area contributed by atoms with Crippen LogP contribution < -0.4 is 0 Å². The predicted octanol–water partition coefficient (Wildman–Crippen LogP) is 4.71. The van der Waals surface area contributed by atoms with Gasteiger partial charge in [-0.3, -0.25) is 9.48 Å². The van der Waals surface area contributed by atoms with Crippen LogP contribution in [0.5, 0.6) is 0 Å². The number of pyridine rings is 1. The van der Waals surface area contributed by atoms with Crippen LogP contribution in [-0.2, 0) is 11.8 Å². The number of hydrogen-bond acceptors (Lipinski definition) is 6. The Kier molecular flexibility index (Phi) is 5.86. The second-order valence-corrected chi connectivity index (χ2v) is 7.94. The van der Waals surface area contributed by atoms with Crippen molar-refractivity contribution in [2.24, 2.45) is 7.05 Å². The molecular formula is C24H21N3O3S. The molecule has 6 nitrogen and oxygen atoms in total. The number of esters is 1. The maximum Gasteiger partial charge on any atom is 0.339 e. The van der Waals surface area contributed by atoms with E-state index < -0.39 is 5.97 Å². The molecule has 0 aliphatic rings. The molecule has 4 rings (SSSR count). The molecule has 7 heteroatoms. The van der Waals surface area contributed by atoms with Crippen LogP contribution >= 0.6 is 11.8 Å². The normalized spacial score (nSPS) is 10.9. The second-order valence-electron chi connectivity index (χ2n) is 7.06. The van der Waals surface area contributed by atoms with Gasteiger partial charge in [0, 0.05) is 23.1 Å². The van der Waals surface area contributed by atoms with Crippen LogP contribution in [0.25, 0.3) is 22.3 Å². The van der Waals surface area contributed by atoms with Crippen LogP contribution in [0.2, 0.25) is 0 Å². The largest absolute Gasteiger partial charge is 0.454 e. The van der Waals surface area contributed by atoms with E-state index in [0.717, 1.165) is 10.5 Å². The third-order valence-corrected chi connectivity index (χ3v) is 5.75. The first-order valence-corrected chi connectivity index (χ1v) is 10.9. The number of nitrogens with zero attached hydrogens (tertiary/aromatic N) is 3. The summed E-state index contributed by atoms with van der Waals surface area (Å²) < 4.78 is 7.05. The molecular weight excluding hydrogens is 410 g/mol. The standard InChI is InChI=1S/C24H21N3O3S/c1-15-22-19(24(29)30-14-21(28)17-9-11-18(31-3)12-10-17)13-20(16-7-5-4-6-8-16)25-23(22)27(2)26-15/h4-13H,14H2,1-3H3. The van der Waals surface area contributed by atoms with Crippen molar-refractivity contribution in [2.75, 3.05) is 12.9 Å². The summed E-state index contributed by atoms with van der Waals surface area (Å²) in [4.78, 5) is 31.2. The Hall–Kier alpha value is -3.45. The lowest BCUT2D eigenvalue weighted by Crippen LogP contribution is -2.15. The lowest BCUT2D eigenvalue weighted by molar-refractivity contribution is 0.0476. The summed E-state index contributed by atoms with van der Waals surface area (Å²) >= 11 is 1.60. The number of carbonyl (C=O) groups is 2. The third kappa shape index (κ3) is 4.22. The van der Waals surface area contributed by atoms with Gasteiger partial charge in [-0.1, -0.05) is 42.5 Å². The topological polar surface area (TPSA) is 74.1 Å². The second kappa shape index (κ2) is 8.73. The molecule has 156 valence electrons. The average molecular weight is 432 g/mol. The number of carbonyl (C=O) groups excluding carboxylic acids is 2. The molecule has 4 aromatic rings. The van der Waals surface area contributed by atoms with Gasteiger partial charge in [0.05, 0.1) is 22.3 Å². The van der Waals surface area contributed by atoms with Crippen molar-refractivity contribution >= 4 is 34.5 Å². The van der Waals surface area contributed by atoms with E-state index in [0.29, 0.717) is 33.5 Å². The number of aromatic nitrogens is 3. The highest BCUT2D eigenvalue weighted by Crippen LogP contribution is 2.27. The molecule has 0 bridgehead atoms. The summed E-state index contributed by atoms with van der Waals surface area (Å²) in [5.74, 6) is -0.827. The van der Waals surface area contributed by atoms with Crippen LogP contribution in [0.4, 0.5) is 0 Å². The van der Waals surface area contributed by atoms with Gasteiger partial charge in [0.1, 0.15) is 0 Å². The van der Waals surface area contributed by atoms with E-state index >= 15 is 0 Å². The van der Waals surface area contributed by atoms with Crippen LogP contribution in [-0.4, -0.2) is 39.4 Å². The van der Waals surface area contributed by atoms with E-state index in [1.54, 1.807) is 41.7 Å². The molecule has 0 aliphatic carbocycles. The van der Waals surface area contributed by atoms with Gasteiger partial charge in [-0.25, -0.2) is 9.78 Å². The smallest absolute Gasteiger partial charge is 0.339 e. The molecule has 2 heterocycles. The van der Waals surface area contributed by atoms with Crippen molar-refractivity contribution in [3.63, 3.8) is 0 Å². The lowest BCUT2D eigenvalue weighted by atomic mass is 10.1. The Balaban J connectivity index is 1.64. The number of aryl methyl sites for hydroxylation is 2. The monoisotopic (exact) mass is 431 g/mol. The Bertz CT molecular complexity index is 1260. The summed E-state index contributed by atoms with van der Waals surface area (Å²) in [6.45, 7) is 1.49. The summed E-state index contributed by atoms with van der Waals surface area (Å²) in [6, 6.07) is 18.5. The van der Waals surface area contributed by atoms with E-state index in [1.807, 2.05) is 55.6 Å². The predicted molar refractivity (Wildman–Crippen MR) is 122 cm³/mol. The van der Waals surface area contributed by atoms with E-state index in [9.17, 15) is 9.59 Å². The fraction of sp³-hybridized carbons (Fsp3) is 0.167. The molecule has 0 N–H and O–H groups in total. The van der Waals surface area contributed by atoms with Crippen molar-refractivity contribution in [3.05, 3.63) is 77.5 Å². The molecule has 0 atom stereocenters. The summed E-state index contributed by atoms with van der Waals surface area (Å²) in [5, 5.41) is 5.03. The number of thioether (sulfide) groups is 1. The van der Waals surface area contributed by atoms with E-state index in [2.05, 4.69) is 5.10 Å². The third-order valence-electron chi connectivity index (χ3n) is 5.00. The van der Waals surface area contributed by atoms with Gasteiger partial charge in [0.2, 0.25) is 0 Å². The zero-order valence-electron chi connectivity index (χ0n) is 17.5. The summed E-state index contributed by atoms with van der Waals surface area (Å²) in [6.07, 6.45) is 1.97. The zero-order valence-corrected chi connectivity index (χ0v) is 18.3. The summed E-state index contributed by atoms with van der Waals surface area (Å²) in [7, 11) is 1.79. The van der Waals surface area contributed by atoms with Gasteiger partial charge < -0.3 is 4.74 Å². The molecule has 0 saturated carbocycles. The van der Waals surface area contributed by atoms with Gasteiger partial charge in [0.25, 0.3) is 0 Å². The Labute approximate surface area is 184 Å². The number of fused-ring (bicyclic) bond motifs is 1. The maximum atomic E-state index is 13.0. The van der Waals surface area contributed by atoms with Crippen molar-refractivity contribution in [2.45, 2.75) is 11.8 Å². The van der Waals surface area contributed by atoms with Crippen LogP contribution in [0.1, 0.15) is 26.4 Å². The van der Waals surface area contributed by atoms with Crippen molar-refractivity contribution < 1.29 is 14.3 Å². The summed E-state index contributed by atoms with van der Waals surface area (Å²) in [5.41, 5.74) is 3.64. The average Bonchev–Trinajstić information content (AvgIpc) is 3.10. The van der Waals surface area contributed by atoms with Gasteiger partial charge in [-0.15, -0.1) is 11.8 Å². The van der Waals surface area contributed by atoms with Crippen molar-refractivity contribution in [1.82, 2.24) is 14.8 Å². The quantitative estimate of drug-likeness (QED) is 0.250. The molecule has 0 radical (unpaired) electrons. The number of rotatable bonds is 6. The molecule has 0 aliphatic heterocycles. The van der Waals surface area contributed by atoms with Crippen LogP contribution in [0.3, 0.4) is 0 Å². The van der Waals surface area contributed by atoms with Crippen LogP contribution in [0, 0.1) is 6.92 Å². The number of ketones is 1. The highest BCUT2D eigenvalue weighted by atomic mass is 32.2. The first-order chi connectivity index (χ1) is 15.0. The molecule has 2 aromatic heterocycles. The Morgan fingerprint density at radius 2 is 1.77 bits per heavy atom. The minimum atomic E-state index is -0.574. The van der Waals surface area contributed by atoms with Gasteiger partial charge in [-0.2, -0.15) is 5.10 Å². The number of ether oxygens (including phenoxy) is 1. The van der Waals surface area contributed by atoms with Gasteiger partial charge in [0.15, 0.2) is 18.0 Å². The fourth-order valence-corrected chi connectivity index (χ4v) is 3.84. The molecule has 2 aromatic carbocycles. The first kappa shape index (κ1) is 20.8. The molecule has 31 heavy (non-hydrogen) atoms. The van der Waals surface area contributed by atoms with Gasteiger partial charge in [-0.05, 0) is 31.4 Å². The van der Waals surface area contributed by atoms with Crippen LogP contribution in [0.15, 0.2) is 65.6 Å². The SMILES string of the molecule is CSc1ccc(C(=O)COC(=O)c2cc(-c3ccccc3)nc3c2c(C)nn3C)cc1. The fourth-order valence-electron chi connectivity index (χ4n) is 3.43.